The fourth-order valence-corrected chi connectivity index (χ4v) is 7.19. The summed E-state index contributed by atoms with van der Waals surface area (Å²) >= 11 is 0. The summed E-state index contributed by atoms with van der Waals surface area (Å²) < 4.78 is 51.5. The SMILES string of the molecule is CC(=O)N[C@@H]1[C@H](O[C@H]2[C@H](O)[C@@H](CO)O[C@H](O[C@@H]3[C@@H](O)[C@H](O[C@@H]([C@@H](O)[C@H](O)CO)[C@@H](O)CO)O[C@H](C)[C@H]3NC(C)=O)[C@@H]2NC(C)=O)O[C@@H](C)[C@H](OP(=O)(O)O)[C@H]1O. The van der Waals surface area contributed by atoms with Gasteiger partial charge < -0.3 is 100 Å². The fraction of sp³-hybridized carbons (Fsp3) is 0.900. The highest BCUT2D eigenvalue weighted by Gasteiger charge is 2.55. The van der Waals surface area contributed by atoms with Gasteiger partial charge in [0.25, 0.3) is 0 Å². The minimum Gasteiger partial charge on any atom is -0.394 e. The quantitative estimate of drug-likeness (QED) is 0.0605. The molecule has 3 aliphatic rings. The Balaban J connectivity index is 2.04. The van der Waals surface area contributed by atoms with E-state index in [1.807, 2.05) is 0 Å². The van der Waals surface area contributed by atoms with Crippen molar-refractivity contribution >= 4 is 25.5 Å². The summed E-state index contributed by atoms with van der Waals surface area (Å²) in [6.07, 6.45) is -28.2. The van der Waals surface area contributed by atoms with E-state index in [0.29, 0.717) is 0 Å². The molecule has 0 aromatic carbocycles. The van der Waals surface area contributed by atoms with Crippen molar-refractivity contribution in [3.05, 3.63) is 0 Å². The fourth-order valence-electron chi connectivity index (χ4n) is 6.58. The lowest BCUT2D eigenvalue weighted by Crippen LogP contribution is -2.71. The molecular formula is C30H54N3O22P. The van der Waals surface area contributed by atoms with E-state index in [0.717, 1.165) is 20.8 Å². The predicted octanol–water partition coefficient (Wildman–Crippen LogP) is -7.51. The molecule has 326 valence electrons. The molecule has 0 radical (unpaired) electrons. The highest BCUT2D eigenvalue weighted by molar-refractivity contribution is 7.46. The smallest absolute Gasteiger partial charge is 0.394 e. The molecule has 3 rings (SSSR count). The third-order valence-corrected chi connectivity index (χ3v) is 9.73. The van der Waals surface area contributed by atoms with Gasteiger partial charge in [0.15, 0.2) is 18.9 Å². The van der Waals surface area contributed by atoms with E-state index in [9.17, 15) is 74.7 Å². The first-order chi connectivity index (χ1) is 26.0. The Hall–Kier alpha value is -2.08. The van der Waals surface area contributed by atoms with Gasteiger partial charge in [0, 0.05) is 20.8 Å². The molecule has 3 fully saturated rings. The van der Waals surface area contributed by atoms with E-state index < -0.39 is 162 Å². The summed E-state index contributed by atoms with van der Waals surface area (Å²) in [5.74, 6) is -2.20. The van der Waals surface area contributed by atoms with Crippen LogP contribution in [-0.4, -0.2) is 210 Å². The zero-order chi connectivity index (χ0) is 42.4. The average Bonchev–Trinajstić information content (AvgIpc) is 3.10. The maximum Gasteiger partial charge on any atom is 0.470 e. The molecule has 3 amide bonds. The minimum atomic E-state index is -5.22. The van der Waals surface area contributed by atoms with Crippen molar-refractivity contribution in [2.45, 2.75) is 151 Å². The van der Waals surface area contributed by atoms with Crippen molar-refractivity contribution in [3.63, 3.8) is 0 Å². The number of hydrogen-bond acceptors (Lipinski definition) is 20. The Morgan fingerprint density at radius 3 is 1.64 bits per heavy atom. The van der Waals surface area contributed by atoms with Gasteiger partial charge in [-0.05, 0) is 13.8 Å². The number of carbonyl (C=O) groups excluding carboxylic acids is 3. The van der Waals surface area contributed by atoms with E-state index in [1.165, 1.54) is 13.8 Å². The van der Waals surface area contributed by atoms with Gasteiger partial charge in [-0.3, -0.25) is 18.9 Å². The normalized spacial score (nSPS) is 38.8. The molecule has 25 nitrogen and oxygen atoms in total. The van der Waals surface area contributed by atoms with Gasteiger partial charge in [-0.25, -0.2) is 4.57 Å². The number of ether oxygens (including phenoxy) is 6. The number of nitrogens with one attached hydrogen (secondary N) is 3. The Morgan fingerprint density at radius 1 is 0.661 bits per heavy atom. The van der Waals surface area contributed by atoms with Gasteiger partial charge in [0.1, 0.15) is 79.2 Å². The Labute approximate surface area is 320 Å². The molecule has 26 heteroatoms. The van der Waals surface area contributed by atoms with Crippen LogP contribution in [0.4, 0.5) is 0 Å². The van der Waals surface area contributed by atoms with E-state index in [4.69, 9.17) is 32.9 Å². The third kappa shape index (κ3) is 12.2. The second kappa shape index (κ2) is 20.7. The van der Waals surface area contributed by atoms with Gasteiger partial charge >= 0.3 is 7.82 Å². The van der Waals surface area contributed by atoms with Crippen LogP contribution in [0.5, 0.6) is 0 Å². The van der Waals surface area contributed by atoms with Crippen LogP contribution in [-0.2, 0) is 51.9 Å². The van der Waals surface area contributed by atoms with Gasteiger partial charge in [0.2, 0.25) is 17.7 Å². The molecular weight excluding hydrogens is 785 g/mol. The number of rotatable bonds is 17. The number of amides is 3. The van der Waals surface area contributed by atoms with Crippen LogP contribution in [0, 0.1) is 0 Å². The summed E-state index contributed by atoms with van der Waals surface area (Å²) in [5, 5.41) is 101. The van der Waals surface area contributed by atoms with Crippen molar-refractivity contribution in [2.75, 3.05) is 19.8 Å². The lowest BCUT2D eigenvalue weighted by atomic mass is 9.93. The minimum absolute atomic E-state index is 0.652. The van der Waals surface area contributed by atoms with Crippen LogP contribution < -0.4 is 16.0 Å². The van der Waals surface area contributed by atoms with E-state index in [2.05, 4.69) is 16.0 Å². The van der Waals surface area contributed by atoms with Crippen LogP contribution in [0.1, 0.15) is 34.6 Å². The summed E-state index contributed by atoms with van der Waals surface area (Å²) in [6, 6.07) is -4.54. The van der Waals surface area contributed by atoms with Crippen molar-refractivity contribution in [1.29, 1.82) is 0 Å². The van der Waals surface area contributed by atoms with Gasteiger partial charge in [0.05, 0.1) is 38.1 Å². The van der Waals surface area contributed by atoms with Crippen LogP contribution in [0.25, 0.3) is 0 Å². The maximum absolute atomic E-state index is 12.6. The van der Waals surface area contributed by atoms with Crippen LogP contribution >= 0.6 is 7.82 Å². The van der Waals surface area contributed by atoms with Gasteiger partial charge in [-0.2, -0.15) is 0 Å². The first-order valence-corrected chi connectivity index (χ1v) is 19.0. The number of carbonyl (C=O) groups is 3. The second-order valence-electron chi connectivity index (χ2n) is 13.6. The molecule has 0 bridgehead atoms. The van der Waals surface area contributed by atoms with E-state index >= 15 is 0 Å². The molecule has 0 unspecified atom stereocenters. The molecule has 56 heavy (non-hydrogen) atoms. The largest absolute Gasteiger partial charge is 0.470 e. The van der Waals surface area contributed by atoms with Gasteiger partial charge in [-0.1, -0.05) is 0 Å². The molecule has 0 aromatic heterocycles. The molecule has 3 heterocycles. The number of aliphatic hydroxyl groups is 9. The summed E-state index contributed by atoms with van der Waals surface area (Å²) in [6.45, 7) is 2.92. The molecule has 14 N–H and O–H groups in total. The lowest BCUT2D eigenvalue weighted by Gasteiger charge is -2.50. The maximum atomic E-state index is 12.6. The highest BCUT2D eigenvalue weighted by Crippen LogP contribution is 2.42. The standard InChI is InChI=1S/C30H54N3O22P/c1-9-17(31-11(3)37)26(23(45)30(49-9)52-25(15(41)7-35)20(42)14(40)6-34)53-29-19(33-13(5)39)27(21(43)16(8-36)51-29)54-28-18(32-12(4)38)22(44)24(10(2)50-28)55-56(46,47)48/h9-10,14-30,34-36,40-45H,6-8H2,1-5H3,(H,31,37)(H,32,38)(H,33,39)(H2,46,47,48)/t9-,10+,14-,15+,16-,17-,18+,19-,20+,21-,22+,23-,24+,25-,26+,27-,28+,29-,30+/m1/s1. The molecule has 0 saturated carbocycles. The van der Waals surface area contributed by atoms with Gasteiger partial charge in [-0.15, -0.1) is 0 Å². The molecule has 3 aliphatic heterocycles. The topological polar surface area (TPSA) is 392 Å². The van der Waals surface area contributed by atoms with Crippen LogP contribution in [0.15, 0.2) is 0 Å². The van der Waals surface area contributed by atoms with Crippen molar-refractivity contribution < 1.29 is 108 Å². The van der Waals surface area contributed by atoms with Crippen LogP contribution in [0.2, 0.25) is 0 Å². The molecule has 3 saturated heterocycles. The zero-order valence-electron chi connectivity index (χ0n) is 30.9. The number of hydrogen-bond donors (Lipinski definition) is 14. The number of phosphoric acid groups is 1. The summed E-state index contributed by atoms with van der Waals surface area (Å²) in [5.41, 5.74) is 0. The van der Waals surface area contributed by atoms with Crippen molar-refractivity contribution in [1.82, 2.24) is 16.0 Å². The predicted molar refractivity (Wildman–Crippen MR) is 179 cm³/mol. The van der Waals surface area contributed by atoms with Crippen molar-refractivity contribution in [2.24, 2.45) is 0 Å². The Bertz CT molecular complexity index is 1350. The first kappa shape index (κ1) is 48.3. The zero-order valence-corrected chi connectivity index (χ0v) is 31.8. The van der Waals surface area contributed by atoms with Crippen LogP contribution in [0.3, 0.4) is 0 Å². The first-order valence-electron chi connectivity index (χ1n) is 17.4. The van der Waals surface area contributed by atoms with Crippen molar-refractivity contribution in [3.8, 4) is 0 Å². The average molecular weight is 840 g/mol. The number of aliphatic hydroxyl groups excluding tert-OH is 9. The summed E-state index contributed by atoms with van der Waals surface area (Å²) in [4.78, 5) is 55.9. The third-order valence-electron chi connectivity index (χ3n) is 9.21. The van der Waals surface area contributed by atoms with E-state index in [-0.39, 0.29) is 0 Å². The lowest BCUT2D eigenvalue weighted by molar-refractivity contribution is -0.354. The molecule has 19 atom stereocenters. The number of phosphoric ester groups is 1. The highest BCUT2D eigenvalue weighted by atomic mass is 31.2. The second-order valence-corrected chi connectivity index (χ2v) is 14.8. The monoisotopic (exact) mass is 839 g/mol. The molecule has 0 aromatic rings. The van der Waals surface area contributed by atoms with E-state index in [1.54, 1.807) is 0 Å². The summed E-state index contributed by atoms with van der Waals surface area (Å²) in [7, 11) is -5.22. The Kier molecular flexibility index (Phi) is 17.9. The molecule has 0 spiro atoms. The molecule has 0 aliphatic carbocycles. The Morgan fingerprint density at radius 2 is 1.14 bits per heavy atom.